The molecule has 1 unspecified atom stereocenters. The highest BCUT2D eigenvalue weighted by Crippen LogP contribution is 2.19. The Bertz CT molecular complexity index is 450. The van der Waals surface area contributed by atoms with Gasteiger partial charge in [-0.25, -0.2) is 4.98 Å². The van der Waals surface area contributed by atoms with Gasteiger partial charge in [-0.15, -0.1) is 0 Å². The molecule has 110 valence electrons. The van der Waals surface area contributed by atoms with E-state index in [4.69, 9.17) is 4.74 Å². The Morgan fingerprint density at radius 2 is 2.40 bits per heavy atom. The average Bonchev–Trinajstić information content (AvgIpc) is 2.48. The fourth-order valence-electron chi connectivity index (χ4n) is 2.59. The number of rotatable bonds is 5. The minimum atomic E-state index is -0.0610. The van der Waals surface area contributed by atoms with Gasteiger partial charge in [0, 0.05) is 20.1 Å². The van der Waals surface area contributed by atoms with E-state index in [0.29, 0.717) is 6.61 Å². The van der Waals surface area contributed by atoms with E-state index in [-0.39, 0.29) is 11.9 Å². The van der Waals surface area contributed by atoms with Crippen LogP contribution in [0.15, 0.2) is 18.2 Å². The SMILES string of the molecule is CCOC(=O)C1CCCN(Cc2cccc(NC)n2)C1. The van der Waals surface area contributed by atoms with E-state index < -0.39 is 0 Å². The summed E-state index contributed by atoms with van der Waals surface area (Å²) in [6.45, 7) is 4.88. The molecule has 0 amide bonds. The maximum Gasteiger partial charge on any atom is 0.310 e. The van der Waals surface area contributed by atoms with E-state index in [2.05, 4.69) is 15.2 Å². The second kappa shape index (κ2) is 7.24. The van der Waals surface area contributed by atoms with Crippen molar-refractivity contribution in [2.75, 3.05) is 32.1 Å². The molecule has 1 aromatic rings. The Morgan fingerprint density at radius 3 is 3.15 bits per heavy atom. The lowest BCUT2D eigenvalue weighted by molar-refractivity contribution is -0.150. The van der Waals surface area contributed by atoms with Gasteiger partial charge in [0.25, 0.3) is 0 Å². The van der Waals surface area contributed by atoms with E-state index in [9.17, 15) is 4.79 Å². The molecule has 2 rings (SSSR count). The maximum absolute atomic E-state index is 11.8. The van der Waals surface area contributed by atoms with Crippen LogP contribution in [0.5, 0.6) is 0 Å². The molecule has 5 nitrogen and oxygen atoms in total. The number of carbonyl (C=O) groups is 1. The summed E-state index contributed by atoms with van der Waals surface area (Å²) in [6.07, 6.45) is 1.97. The van der Waals surface area contributed by atoms with Crippen LogP contribution in [0.25, 0.3) is 0 Å². The molecule has 0 saturated carbocycles. The molecule has 0 spiro atoms. The molecule has 2 heterocycles. The first kappa shape index (κ1) is 14.8. The van der Waals surface area contributed by atoms with Crippen molar-refractivity contribution in [3.63, 3.8) is 0 Å². The number of likely N-dealkylation sites (tertiary alicyclic amines) is 1. The first-order valence-corrected chi connectivity index (χ1v) is 7.25. The predicted octanol–water partition coefficient (Wildman–Crippen LogP) is 1.90. The smallest absolute Gasteiger partial charge is 0.310 e. The standard InChI is InChI=1S/C15H23N3O2/c1-3-20-15(19)12-6-5-9-18(10-12)11-13-7-4-8-14(16-2)17-13/h4,7-8,12H,3,5-6,9-11H2,1-2H3,(H,16,17). The number of pyridine rings is 1. The van der Waals surface area contributed by atoms with Crippen LogP contribution in [-0.4, -0.2) is 42.6 Å². The van der Waals surface area contributed by atoms with Gasteiger partial charge < -0.3 is 10.1 Å². The molecular weight excluding hydrogens is 254 g/mol. The highest BCUT2D eigenvalue weighted by Gasteiger charge is 2.26. The van der Waals surface area contributed by atoms with Gasteiger partial charge in [-0.1, -0.05) is 6.07 Å². The summed E-state index contributed by atoms with van der Waals surface area (Å²) in [5.74, 6) is 0.826. The molecule has 5 heteroatoms. The number of nitrogens with zero attached hydrogens (tertiary/aromatic N) is 2. The fourth-order valence-corrected chi connectivity index (χ4v) is 2.59. The zero-order chi connectivity index (χ0) is 14.4. The van der Waals surface area contributed by atoms with Crippen molar-refractivity contribution in [2.45, 2.75) is 26.3 Å². The Morgan fingerprint density at radius 1 is 1.55 bits per heavy atom. The van der Waals surface area contributed by atoms with Gasteiger partial charge in [0.2, 0.25) is 0 Å². The van der Waals surface area contributed by atoms with Crippen molar-refractivity contribution in [1.29, 1.82) is 0 Å². The minimum Gasteiger partial charge on any atom is -0.466 e. The van der Waals surface area contributed by atoms with Crippen LogP contribution in [0.1, 0.15) is 25.5 Å². The zero-order valence-corrected chi connectivity index (χ0v) is 12.3. The molecule has 20 heavy (non-hydrogen) atoms. The van der Waals surface area contributed by atoms with Crippen molar-refractivity contribution in [1.82, 2.24) is 9.88 Å². The number of esters is 1. The Hall–Kier alpha value is -1.62. The quantitative estimate of drug-likeness (QED) is 0.833. The van der Waals surface area contributed by atoms with Gasteiger partial charge in [0.1, 0.15) is 5.82 Å². The van der Waals surface area contributed by atoms with Crippen molar-refractivity contribution in [2.24, 2.45) is 5.92 Å². The number of hydrogen-bond donors (Lipinski definition) is 1. The lowest BCUT2D eigenvalue weighted by Crippen LogP contribution is -2.39. The van der Waals surface area contributed by atoms with Crippen LogP contribution >= 0.6 is 0 Å². The van der Waals surface area contributed by atoms with Crippen molar-refractivity contribution < 1.29 is 9.53 Å². The number of aromatic nitrogens is 1. The first-order chi connectivity index (χ1) is 9.72. The van der Waals surface area contributed by atoms with E-state index in [1.54, 1.807) is 0 Å². The molecule has 1 N–H and O–H groups in total. The van der Waals surface area contributed by atoms with Gasteiger partial charge in [0.15, 0.2) is 0 Å². The Labute approximate surface area is 120 Å². The molecule has 0 radical (unpaired) electrons. The minimum absolute atomic E-state index is 0.0104. The molecule has 1 atom stereocenters. The summed E-state index contributed by atoms with van der Waals surface area (Å²) >= 11 is 0. The Balaban J connectivity index is 1.93. The van der Waals surface area contributed by atoms with Crippen LogP contribution < -0.4 is 5.32 Å². The van der Waals surface area contributed by atoms with E-state index in [1.165, 1.54) is 0 Å². The number of carbonyl (C=O) groups excluding carboxylic acids is 1. The normalized spacial score (nSPS) is 19.6. The molecule has 0 aromatic carbocycles. The second-order valence-electron chi connectivity index (χ2n) is 5.09. The van der Waals surface area contributed by atoms with Gasteiger partial charge in [-0.2, -0.15) is 0 Å². The van der Waals surface area contributed by atoms with Crippen LogP contribution in [0.4, 0.5) is 5.82 Å². The van der Waals surface area contributed by atoms with Crippen molar-refractivity contribution in [3.05, 3.63) is 23.9 Å². The average molecular weight is 277 g/mol. The van der Waals surface area contributed by atoms with E-state index in [0.717, 1.165) is 44.0 Å². The van der Waals surface area contributed by atoms with Crippen LogP contribution in [0, 0.1) is 5.92 Å². The van der Waals surface area contributed by atoms with Crippen molar-refractivity contribution in [3.8, 4) is 0 Å². The maximum atomic E-state index is 11.8. The lowest BCUT2D eigenvalue weighted by Gasteiger charge is -2.31. The molecule has 0 aliphatic carbocycles. The van der Waals surface area contributed by atoms with Gasteiger partial charge in [0.05, 0.1) is 18.2 Å². The largest absolute Gasteiger partial charge is 0.466 e. The summed E-state index contributed by atoms with van der Waals surface area (Å²) in [4.78, 5) is 18.6. The summed E-state index contributed by atoms with van der Waals surface area (Å²) in [6, 6.07) is 5.97. The highest BCUT2D eigenvalue weighted by molar-refractivity contribution is 5.72. The molecule has 1 saturated heterocycles. The Kier molecular flexibility index (Phi) is 5.35. The third-order valence-corrected chi connectivity index (χ3v) is 3.57. The topological polar surface area (TPSA) is 54.5 Å². The monoisotopic (exact) mass is 277 g/mol. The zero-order valence-electron chi connectivity index (χ0n) is 12.3. The molecule has 1 aromatic heterocycles. The number of hydrogen-bond acceptors (Lipinski definition) is 5. The second-order valence-corrected chi connectivity index (χ2v) is 5.09. The summed E-state index contributed by atoms with van der Waals surface area (Å²) in [7, 11) is 1.86. The number of ether oxygens (including phenoxy) is 1. The van der Waals surface area contributed by atoms with E-state index in [1.807, 2.05) is 32.2 Å². The summed E-state index contributed by atoms with van der Waals surface area (Å²) in [5.41, 5.74) is 1.03. The van der Waals surface area contributed by atoms with Crippen LogP contribution in [-0.2, 0) is 16.1 Å². The summed E-state index contributed by atoms with van der Waals surface area (Å²) in [5, 5.41) is 3.04. The number of piperidine rings is 1. The highest BCUT2D eigenvalue weighted by atomic mass is 16.5. The third-order valence-electron chi connectivity index (χ3n) is 3.57. The summed E-state index contributed by atoms with van der Waals surface area (Å²) < 4.78 is 5.13. The molecule has 1 aliphatic heterocycles. The number of nitrogens with one attached hydrogen (secondary N) is 1. The van der Waals surface area contributed by atoms with Gasteiger partial charge >= 0.3 is 5.97 Å². The van der Waals surface area contributed by atoms with E-state index >= 15 is 0 Å². The fraction of sp³-hybridized carbons (Fsp3) is 0.600. The molecule has 0 bridgehead atoms. The van der Waals surface area contributed by atoms with Gasteiger partial charge in [-0.05, 0) is 38.4 Å². The number of anilines is 1. The first-order valence-electron chi connectivity index (χ1n) is 7.25. The third kappa shape index (κ3) is 3.93. The predicted molar refractivity (Wildman–Crippen MR) is 78.4 cm³/mol. The van der Waals surface area contributed by atoms with Crippen LogP contribution in [0.3, 0.4) is 0 Å². The van der Waals surface area contributed by atoms with Crippen LogP contribution in [0.2, 0.25) is 0 Å². The van der Waals surface area contributed by atoms with Gasteiger partial charge in [-0.3, -0.25) is 9.69 Å². The lowest BCUT2D eigenvalue weighted by atomic mass is 9.98. The molecular formula is C15H23N3O2. The molecule has 1 fully saturated rings. The molecule has 1 aliphatic rings. The van der Waals surface area contributed by atoms with Crippen molar-refractivity contribution >= 4 is 11.8 Å².